The van der Waals surface area contributed by atoms with E-state index in [0.717, 1.165) is 32.7 Å². The number of benzene rings is 2. The number of rotatable bonds is 9. The number of ether oxygens (including phenoxy) is 1. The highest BCUT2D eigenvalue weighted by atomic mass is 19.1. The van der Waals surface area contributed by atoms with Gasteiger partial charge in [0.25, 0.3) is 0 Å². The van der Waals surface area contributed by atoms with Gasteiger partial charge in [-0.05, 0) is 36.4 Å². The first-order valence-electron chi connectivity index (χ1n) is 9.72. The predicted octanol–water partition coefficient (Wildman–Crippen LogP) is 3.07. The molecule has 2 aromatic rings. The molecule has 1 aliphatic heterocycles. The molecule has 3 rings (SSSR count). The highest BCUT2D eigenvalue weighted by Gasteiger charge is 2.19. The number of carbonyl (C=O) groups is 2. The van der Waals surface area contributed by atoms with E-state index >= 15 is 0 Å². The second-order valence-electron chi connectivity index (χ2n) is 6.97. The van der Waals surface area contributed by atoms with E-state index in [0.29, 0.717) is 23.6 Å². The molecule has 0 bridgehead atoms. The Morgan fingerprint density at radius 3 is 2.31 bits per heavy atom. The standard InChI is InChI=1S/C22H25FN2O4/c23-19-3-1-2-4-20(19)25-13-11-24(12-14-25)15-16-29-18-7-5-17(6-8-18)21(26)9-10-22(27)28/h1-8H,9-16H2,(H,27,28). The van der Waals surface area contributed by atoms with E-state index in [-0.39, 0.29) is 24.4 Å². The maximum atomic E-state index is 13.9. The molecule has 0 aliphatic carbocycles. The lowest BCUT2D eigenvalue weighted by Gasteiger charge is -2.36. The lowest BCUT2D eigenvalue weighted by atomic mass is 10.1. The van der Waals surface area contributed by atoms with Gasteiger partial charge in [0.1, 0.15) is 18.2 Å². The molecule has 1 saturated heterocycles. The Balaban J connectivity index is 1.39. The molecule has 1 aliphatic rings. The maximum absolute atomic E-state index is 13.9. The van der Waals surface area contributed by atoms with Crippen molar-refractivity contribution in [2.45, 2.75) is 12.8 Å². The molecule has 0 spiro atoms. The van der Waals surface area contributed by atoms with E-state index in [4.69, 9.17) is 9.84 Å². The Bertz CT molecular complexity index is 833. The van der Waals surface area contributed by atoms with Crippen molar-refractivity contribution >= 4 is 17.4 Å². The van der Waals surface area contributed by atoms with Crippen molar-refractivity contribution in [3.8, 4) is 5.75 Å². The summed E-state index contributed by atoms with van der Waals surface area (Å²) in [6.07, 6.45) is -0.171. The van der Waals surface area contributed by atoms with E-state index in [9.17, 15) is 14.0 Å². The van der Waals surface area contributed by atoms with Gasteiger partial charge in [-0.1, -0.05) is 12.1 Å². The first-order valence-corrected chi connectivity index (χ1v) is 9.72. The van der Waals surface area contributed by atoms with Crippen molar-refractivity contribution < 1.29 is 23.8 Å². The van der Waals surface area contributed by atoms with Gasteiger partial charge in [-0.2, -0.15) is 0 Å². The minimum Gasteiger partial charge on any atom is -0.492 e. The molecule has 0 saturated carbocycles. The molecule has 1 N–H and O–H groups in total. The van der Waals surface area contributed by atoms with Gasteiger partial charge in [0.2, 0.25) is 0 Å². The quantitative estimate of drug-likeness (QED) is 0.653. The van der Waals surface area contributed by atoms with E-state index in [1.165, 1.54) is 6.07 Å². The lowest BCUT2D eigenvalue weighted by Crippen LogP contribution is -2.47. The zero-order valence-electron chi connectivity index (χ0n) is 16.2. The molecule has 7 heteroatoms. The number of anilines is 1. The average Bonchev–Trinajstić information content (AvgIpc) is 2.73. The van der Waals surface area contributed by atoms with Crippen LogP contribution in [-0.2, 0) is 4.79 Å². The molecule has 0 amide bonds. The Hall–Kier alpha value is -2.93. The molecule has 2 aromatic carbocycles. The largest absolute Gasteiger partial charge is 0.492 e. The normalized spacial score (nSPS) is 14.6. The number of hydrogen-bond donors (Lipinski definition) is 1. The summed E-state index contributed by atoms with van der Waals surface area (Å²) in [5, 5.41) is 8.65. The van der Waals surface area contributed by atoms with E-state index in [2.05, 4.69) is 9.80 Å². The molecule has 1 fully saturated rings. The van der Waals surface area contributed by atoms with Crippen LogP contribution < -0.4 is 9.64 Å². The van der Waals surface area contributed by atoms with Gasteiger partial charge in [-0.25, -0.2) is 4.39 Å². The number of carboxylic acids is 1. The van der Waals surface area contributed by atoms with Crippen LogP contribution in [0.25, 0.3) is 0 Å². The third-order valence-electron chi connectivity index (χ3n) is 4.98. The molecule has 6 nitrogen and oxygen atoms in total. The average molecular weight is 400 g/mol. The van der Waals surface area contributed by atoms with E-state index in [1.807, 2.05) is 12.1 Å². The van der Waals surface area contributed by atoms with Crippen LogP contribution in [0.1, 0.15) is 23.2 Å². The number of aliphatic carboxylic acids is 1. The maximum Gasteiger partial charge on any atom is 0.303 e. The molecule has 154 valence electrons. The van der Waals surface area contributed by atoms with Crippen molar-refractivity contribution in [3.63, 3.8) is 0 Å². The summed E-state index contributed by atoms with van der Waals surface area (Å²) in [4.78, 5) is 26.8. The summed E-state index contributed by atoms with van der Waals surface area (Å²) in [5.74, 6) is -0.682. The van der Waals surface area contributed by atoms with Crippen LogP contribution >= 0.6 is 0 Å². The SMILES string of the molecule is O=C(O)CCC(=O)c1ccc(OCCN2CCN(c3ccccc3F)CC2)cc1. The number of carboxylic acid groups (broad SMARTS) is 1. The van der Waals surface area contributed by atoms with Crippen LogP contribution in [0.3, 0.4) is 0 Å². The van der Waals surface area contributed by atoms with Gasteiger partial charge in [-0.15, -0.1) is 0 Å². The number of ketones is 1. The summed E-state index contributed by atoms with van der Waals surface area (Å²) in [7, 11) is 0. The third-order valence-corrected chi connectivity index (χ3v) is 4.98. The predicted molar refractivity (Wildman–Crippen MR) is 108 cm³/mol. The van der Waals surface area contributed by atoms with Gasteiger partial charge in [-0.3, -0.25) is 14.5 Å². The summed E-state index contributed by atoms with van der Waals surface area (Å²) in [6, 6.07) is 13.6. The van der Waals surface area contributed by atoms with Gasteiger partial charge < -0.3 is 14.7 Å². The van der Waals surface area contributed by atoms with Crippen LogP contribution in [0, 0.1) is 5.82 Å². The first-order chi connectivity index (χ1) is 14.0. The molecule has 0 unspecified atom stereocenters. The molecule has 0 aromatic heterocycles. The number of halogens is 1. The minimum atomic E-state index is -0.979. The molecular formula is C22H25FN2O4. The Morgan fingerprint density at radius 2 is 1.66 bits per heavy atom. The molecule has 1 heterocycles. The Labute approximate surface area is 169 Å². The summed E-state index contributed by atoms with van der Waals surface area (Å²) in [5.41, 5.74) is 1.14. The Kier molecular flexibility index (Phi) is 7.19. The molecule has 0 atom stereocenters. The second-order valence-corrected chi connectivity index (χ2v) is 6.97. The van der Waals surface area contributed by atoms with Gasteiger partial charge >= 0.3 is 5.97 Å². The van der Waals surface area contributed by atoms with Crippen LogP contribution in [0.15, 0.2) is 48.5 Å². The number of piperazine rings is 1. The fourth-order valence-electron chi connectivity index (χ4n) is 3.32. The zero-order chi connectivity index (χ0) is 20.6. The van der Waals surface area contributed by atoms with Crippen molar-refractivity contribution in [3.05, 3.63) is 59.9 Å². The second kappa shape index (κ2) is 10.0. The molecule has 0 radical (unpaired) electrons. The number of nitrogens with zero attached hydrogens (tertiary/aromatic N) is 2. The third kappa shape index (κ3) is 6.02. The van der Waals surface area contributed by atoms with Gasteiger partial charge in [0.15, 0.2) is 5.78 Å². The van der Waals surface area contributed by atoms with Crippen molar-refractivity contribution in [2.75, 3.05) is 44.2 Å². The van der Waals surface area contributed by atoms with Crippen molar-refractivity contribution in [1.82, 2.24) is 4.90 Å². The van der Waals surface area contributed by atoms with Crippen LogP contribution in [0.4, 0.5) is 10.1 Å². The number of para-hydroxylation sites is 1. The van der Waals surface area contributed by atoms with Crippen LogP contribution in [0.5, 0.6) is 5.75 Å². The summed E-state index contributed by atoms with van der Waals surface area (Å²) >= 11 is 0. The van der Waals surface area contributed by atoms with E-state index in [1.54, 1.807) is 30.3 Å². The van der Waals surface area contributed by atoms with Crippen LogP contribution in [0.2, 0.25) is 0 Å². The summed E-state index contributed by atoms with van der Waals surface area (Å²) < 4.78 is 19.6. The topological polar surface area (TPSA) is 70.1 Å². The molecular weight excluding hydrogens is 375 g/mol. The highest BCUT2D eigenvalue weighted by Crippen LogP contribution is 2.20. The van der Waals surface area contributed by atoms with Gasteiger partial charge in [0, 0.05) is 44.7 Å². The fraction of sp³-hybridized carbons (Fsp3) is 0.364. The minimum absolute atomic E-state index is 0.00556. The highest BCUT2D eigenvalue weighted by molar-refractivity contribution is 5.97. The van der Waals surface area contributed by atoms with Gasteiger partial charge in [0.05, 0.1) is 12.1 Å². The summed E-state index contributed by atoms with van der Waals surface area (Å²) in [6.45, 7) is 4.52. The van der Waals surface area contributed by atoms with E-state index < -0.39 is 5.97 Å². The van der Waals surface area contributed by atoms with Crippen LogP contribution in [-0.4, -0.2) is 61.1 Å². The number of hydrogen-bond acceptors (Lipinski definition) is 5. The number of carbonyl (C=O) groups excluding carboxylic acids is 1. The Morgan fingerprint density at radius 1 is 0.966 bits per heavy atom. The van der Waals surface area contributed by atoms with Crippen molar-refractivity contribution in [2.24, 2.45) is 0 Å². The van der Waals surface area contributed by atoms with Crippen molar-refractivity contribution in [1.29, 1.82) is 0 Å². The first kappa shape index (κ1) is 20.8. The lowest BCUT2D eigenvalue weighted by molar-refractivity contribution is -0.136. The fourth-order valence-corrected chi connectivity index (χ4v) is 3.32. The monoisotopic (exact) mass is 400 g/mol. The number of Topliss-reactive ketones (excluding diaryl/α,β-unsaturated/α-hetero) is 1. The smallest absolute Gasteiger partial charge is 0.303 e. The molecule has 29 heavy (non-hydrogen) atoms. The zero-order valence-corrected chi connectivity index (χ0v) is 16.2.